The molecule has 2 heterocycles. The number of carbonyl (C=O) groups excluding carboxylic acids is 1. The molecule has 0 N–H and O–H groups in total. The molecule has 1 aromatic heterocycles. The van der Waals surface area contributed by atoms with E-state index in [1.54, 1.807) is 20.0 Å². The van der Waals surface area contributed by atoms with E-state index in [4.69, 9.17) is 9.57 Å². The Kier molecular flexibility index (Phi) is 8.39. The van der Waals surface area contributed by atoms with Gasteiger partial charge in [0.2, 0.25) is 0 Å². The molecule has 0 radical (unpaired) electrons. The maximum atomic E-state index is 12.3. The summed E-state index contributed by atoms with van der Waals surface area (Å²) in [6.07, 6.45) is 6.08. The highest BCUT2D eigenvalue weighted by Gasteiger charge is 2.43. The van der Waals surface area contributed by atoms with Crippen molar-refractivity contribution in [3.05, 3.63) is 29.6 Å². The number of hydrogen-bond donors (Lipinski definition) is 0. The highest BCUT2D eigenvalue weighted by molar-refractivity contribution is 7.86. The Labute approximate surface area is 175 Å². The maximum absolute atomic E-state index is 12.3. The second-order valence-corrected chi connectivity index (χ2v) is 8.86. The molecule has 0 bridgehead atoms. The van der Waals surface area contributed by atoms with E-state index in [9.17, 15) is 9.00 Å². The van der Waals surface area contributed by atoms with Crippen molar-refractivity contribution >= 4 is 22.5 Å². The number of oxime groups is 1. The fraction of sp³-hybridized carbons (Fsp3) is 0.591. The van der Waals surface area contributed by atoms with Crippen molar-refractivity contribution in [2.24, 2.45) is 11.1 Å². The lowest BCUT2D eigenvalue weighted by atomic mass is 9.98. The monoisotopic (exact) mass is 418 g/mol. The van der Waals surface area contributed by atoms with Gasteiger partial charge >= 0.3 is 5.97 Å². The van der Waals surface area contributed by atoms with Crippen LogP contribution in [0.1, 0.15) is 64.6 Å². The topological polar surface area (TPSA) is 77.8 Å². The van der Waals surface area contributed by atoms with Crippen molar-refractivity contribution in [3.8, 4) is 11.8 Å². The normalized spacial score (nSPS) is 20.6. The van der Waals surface area contributed by atoms with Gasteiger partial charge in [-0.2, -0.15) is 0 Å². The van der Waals surface area contributed by atoms with Crippen LogP contribution in [0.2, 0.25) is 0 Å². The molecule has 7 heteroatoms. The lowest BCUT2D eigenvalue weighted by Gasteiger charge is -2.26. The standard InChI is InChI=1S/C20H24N2O4S.C2H6/c1-4-25-19(23)20(2,27(3)24)12-16-11-18(22-26-16)17-10-9-15(13-21-17)8-7-14-5-6-14;1-2/h9-10,13-14,16H,4-6,11-12H2,1-3H3;1-2H3. The number of ether oxygens (including phenoxy) is 1. The molecule has 1 aromatic rings. The molecular weight excluding hydrogens is 388 g/mol. The van der Waals surface area contributed by atoms with Crippen LogP contribution in [0, 0.1) is 17.8 Å². The first kappa shape index (κ1) is 23.1. The highest BCUT2D eigenvalue weighted by Crippen LogP contribution is 2.29. The second kappa shape index (κ2) is 10.5. The molecule has 6 nitrogen and oxygen atoms in total. The number of aromatic nitrogens is 1. The van der Waals surface area contributed by atoms with E-state index in [1.165, 1.54) is 19.1 Å². The third kappa shape index (κ3) is 6.14. The van der Waals surface area contributed by atoms with Gasteiger partial charge in [0.05, 0.1) is 12.3 Å². The van der Waals surface area contributed by atoms with E-state index in [0.717, 1.165) is 17.0 Å². The second-order valence-electron chi connectivity index (χ2n) is 7.05. The fourth-order valence-corrected chi connectivity index (χ4v) is 3.49. The van der Waals surface area contributed by atoms with Crippen molar-refractivity contribution in [2.45, 2.75) is 64.2 Å². The minimum absolute atomic E-state index is 0.249. The summed E-state index contributed by atoms with van der Waals surface area (Å²) in [5.74, 6) is 6.42. The quantitative estimate of drug-likeness (QED) is 0.522. The summed E-state index contributed by atoms with van der Waals surface area (Å²) in [4.78, 5) is 22.2. The number of hydrogen-bond acceptors (Lipinski definition) is 6. The summed E-state index contributed by atoms with van der Waals surface area (Å²) in [5, 5.41) is 4.12. The first-order valence-electron chi connectivity index (χ1n) is 10.1. The van der Waals surface area contributed by atoms with E-state index in [-0.39, 0.29) is 19.1 Å². The van der Waals surface area contributed by atoms with Crippen LogP contribution in [0.4, 0.5) is 0 Å². The summed E-state index contributed by atoms with van der Waals surface area (Å²) in [6.45, 7) is 7.63. The molecule has 3 rings (SSSR count). The van der Waals surface area contributed by atoms with Crippen LogP contribution in [0.3, 0.4) is 0 Å². The molecule has 0 spiro atoms. The van der Waals surface area contributed by atoms with Gasteiger partial charge in [0.1, 0.15) is 16.6 Å². The molecule has 1 aliphatic carbocycles. The zero-order valence-electron chi connectivity index (χ0n) is 17.9. The predicted octanol–water partition coefficient (Wildman–Crippen LogP) is 3.45. The van der Waals surface area contributed by atoms with Crippen molar-refractivity contribution in [3.63, 3.8) is 0 Å². The average molecular weight is 419 g/mol. The van der Waals surface area contributed by atoms with Gasteiger partial charge < -0.3 is 9.57 Å². The molecule has 0 saturated heterocycles. The number of carbonyl (C=O) groups is 1. The molecule has 0 aromatic carbocycles. The summed E-state index contributed by atoms with van der Waals surface area (Å²) >= 11 is 0. The zero-order valence-corrected chi connectivity index (χ0v) is 18.7. The number of esters is 1. The molecular formula is C22H30N2O4S. The van der Waals surface area contributed by atoms with E-state index >= 15 is 0 Å². The summed E-state index contributed by atoms with van der Waals surface area (Å²) in [6, 6.07) is 3.81. The predicted molar refractivity (Wildman–Crippen MR) is 115 cm³/mol. The van der Waals surface area contributed by atoms with Gasteiger partial charge in [-0.25, -0.2) is 0 Å². The van der Waals surface area contributed by atoms with Crippen LogP contribution < -0.4 is 0 Å². The SMILES string of the molecule is CC.CCOC(=O)C(C)(CC1CC(c2ccc(C#CC3CC3)cn2)=NO1)S(C)=O. The summed E-state index contributed by atoms with van der Waals surface area (Å²) < 4.78 is 16.1. The first-order chi connectivity index (χ1) is 13.9. The molecule has 1 aliphatic heterocycles. The molecule has 158 valence electrons. The minimum atomic E-state index is -1.39. The molecule has 3 unspecified atom stereocenters. The number of pyridine rings is 1. The van der Waals surface area contributed by atoms with Crippen LogP contribution in [0.15, 0.2) is 23.5 Å². The van der Waals surface area contributed by atoms with Crippen LogP contribution >= 0.6 is 0 Å². The third-order valence-corrected chi connectivity index (χ3v) is 6.35. The Morgan fingerprint density at radius 2 is 2.10 bits per heavy atom. The van der Waals surface area contributed by atoms with E-state index in [2.05, 4.69) is 22.0 Å². The Bertz CT molecular complexity index is 821. The van der Waals surface area contributed by atoms with Crippen molar-refractivity contribution in [1.82, 2.24) is 4.98 Å². The average Bonchev–Trinajstić information content (AvgIpc) is 3.45. The van der Waals surface area contributed by atoms with E-state index in [1.807, 2.05) is 26.0 Å². The van der Waals surface area contributed by atoms with Crippen LogP contribution in [-0.2, 0) is 25.2 Å². The van der Waals surface area contributed by atoms with Gasteiger partial charge in [-0.15, -0.1) is 0 Å². The van der Waals surface area contributed by atoms with Gasteiger partial charge in [0, 0.05) is 47.6 Å². The molecule has 2 aliphatic rings. The zero-order chi connectivity index (χ0) is 21.4. The largest absolute Gasteiger partial charge is 0.465 e. The van der Waals surface area contributed by atoms with Crippen molar-refractivity contribution < 1.29 is 18.6 Å². The van der Waals surface area contributed by atoms with Gasteiger partial charge in [-0.3, -0.25) is 14.0 Å². The van der Waals surface area contributed by atoms with E-state index in [0.29, 0.717) is 12.3 Å². The lowest BCUT2D eigenvalue weighted by molar-refractivity contribution is -0.146. The van der Waals surface area contributed by atoms with Gasteiger partial charge in [-0.1, -0.05) is 30.8 Å². The van der Waals surface area contributed by atoms with E-state index < -0.39 is 21.5 Å². The smallest absolute Gasteiger partial charge is 0.324 e. The molecule has 1 fully saturated rings. The van der Waals surface area contributed by atoms with Crippen molar-refractivity contribution in [2.75, 3.05) is 12.9 Å². The van der Waals surface area contributed by atoms with Crippen LogP contribution in [0.5, 0.6) is 0 Å². The highest BCUT2D eigenvalue weighted by atomic mass is 32.2. The van der Waals surface area contributed by atoms with Gasteiger partial charge in [0.15, 0.2) is 0 Å². The Hall–Kier alpha value is -2.20. The minimum Gasteiger partial charge on any atom is -0.465 e. The van der Waals surface area contributed by atoms with Crippen LogP contribution in [0.25, 0.3) is 0 Å². The molecule has 0 amide bonds. The number of nitrogens with zero attached hydrogens (tertiary/aromatic N) is 2. The Morgan fingerprint density at radius 3 is 2.66 bits per heavy atom. The lowest BCUT2D eigenvalue weighted by Crippen LogP contribution is -2.44. The molecule has 29 heavy (non-hydrogen) atoms. The summed E-state index contributed by atoms with van der Waals surface area (Å²) in [7, 11) is -1.39. The van der Waals surface area contributed by atoms with Gasteiger partial charge in [-0.05, 0) is 38.8 Å². The first-order valence-corrected chi connectivity index (χ1v) is 11.7. The van der Waals surface area contributed by atoms with Crippen LogP contribution in [-0.4, -0.2) is 44.6 Å². The summed E-state index contributed by atoms with van der Waals surface area (Å²) in [5.41, 5.74) is 2.33. The van der Waals surface area contributed by atoms with Crippen molar-refractivity contribution in [1.29, 1.82) is 0 Å². The number of rotatable bonds is 6. The molecule has 1 saturated carbocycles. The fourth-order valence-electron chi connectivity index (χ4n) is 2.78. The van der Waals surface area contributed by atoms with Gasteiger partial charge in [0.25, 0.3) is 0 Å². The Morgan fingerprint density at radius 1 is 1.38 bits per heavy atom. The Balaban J connectivity index is 0.00000145. The molecule has 3 atom stereocenters. The third-order valence-electron chi connectivity index (χ3n) is 4.75. The maximum Gasteiger partial charge on any atom is 0.324 e.